The van der Waals surface area contributed by atoms with Crippen molar-refractivity contribution >= 4 is 29.3 Å². The van der Waals surface area contributed by atoms with Crippen LogP contribution in [0.3, 0.4) is 0 Å². The van der Waals surface area contributed by atoms with Gasteiger partial charge in [-0.25, -0.2) is 9.97 Å². The van der Waals surface area contributed by atoms with Gasteiger partial charge >= 0.3 is 5.97 Å². The molecule has 0 spiro atoms. The number of hydrogen-bond acceptors (Lipinski definition) is 9. The van der Waals surface area contributed by atoms with Crippen LogP contribution in [0.25, 0.3) is 0 Å². The third kappa shape index (κ3) is 5.32. The number of thioether (sulfide) groups is 1. The lowest BCUT2D eigenvalue weighted by Gasteiger charge is -2.61. The van der Waals surface area contributed by atoms with Crippen molar-refractivity contribution in [1.29, 1.82) is 0 Å². The molecule has 5 rings (SSSR count). The van der Waals surface area contributed by atoms with Crippen LogP contribution in [0.15, 0.2) is 23.9 Å². The number of aromatic nitrogens is 2. The summed E-state index contributed by atoms with van der Waals surface area (Å²) in [4.78, 5) is 38.7. The molecule has 42 heavy (non-hydrogen) atoms. The number of Topliss-reactive ketones (excluding diaryl/α,β-unsaturated/α-hetero) is 1. The summed E-state index contributed by atoms with van der Waals surface area (Å²) in [5.41, 5.74) is -0.639. The summed E-state index contributed by atoms with van der Waals surface area (Å²) in [5.74, 6) is 1.04. The first kappa shape index (κ1) is 31.5. The summed E-state index contributed by atoms with van der Waals surface area (Å²) in [7, 11) is 0. The molecule has 0 amide bonds. The Morgan fingerprint density at radius 3 is 2.60 bits per heavy atom. The average Bonchev–Trinajstić information content (AvgIpc) is 3.34. The van der Waals surface area contributed by atoms with Gasteiger partial charge in [-0.2, -0.15) is 0 Å². The minimum atomic E-state index is -0.682. The summed E-state index contributed by atoms with van der Waals surface area (Å²) in [6.07, 6.45) is 6.05. The summed E-state index contributed by atoms with van der Waals surface area (Å²) in [6.45, 7) is 16.4. The highest BCUT2D eigenvalue weighted by molar-refractivity contribution is 7.99. The van der Waals surface area contributed by atoms with E-state index in [0.29, 0.717) is 23.9 Å². The number of piperidine rings is 1. The van der Waals surface area contributed by atoms with E-state index in [1.54, 1.807) is 0 Å². The molecule has 232 valence electrons. The molecule has 0 aromatic carbocycles. The monoisotopic (exact) mass is 599 g/mol. The van der Waals surface area contributed by atoms with E-state index in [9.17, 15) is 19.8 Å². The van der Waals surface area contributed by atoms with E-state index < -0.39 is 23.0 Å². The number of ether oxygens (including phenoxy) is 1. The Morgan fingerprint density at radius 1 is 1.21 bits per heavy atom. The zero-order valence-electron chi connectivity index (χ0n) is 26.0. The second-order valence-corrected chi connectivity index (χ2v) is 15.1. The molecule has 2 heterocycles. The predicted molar refractivity (Wildman–Crippen MR) is 164 cm³/mol. The lowest BCUT2D eigenvalue weighted by molar-refractivity contribution is -0.205. The zero-order chi connectivity index (χ0) is 30.4. The van der Waals surface area contributed by atoms with E-state index in [1.807, 2.05) is 26.0 Å². The van der Waals surface area contributed by atoms with Crippen molar-refractivity contribution in [1.82, 2.24) is 9.97 Å². The quantitative estimate of drug-likeness (QED) is 0.194. The SMILES string of the molecule is C=C[C@]1(C)C[C@@H](OC(=O)CSc2nc(C)cc(N3CCC(CO)CC3)n2)[C@@]2(C)[C@H](C)CC[C@]3(CCC(=O)[C@H]32)[C@@H](C)[C@@H]1O. The normalized spacial score (nSPS) is 38.9. The van der Waals surface area contributed by atoms with E-state index in [-0.39, 0.29) is 47.3 Å². The highest BCUT2D eigenvalue weighted by atomic mass is 32.2. The number of anilines is 1. The number of ketones is 1. The second kappa shape index (κ2) is 11.8. The molecule has 1 aromatic heterocycles. The van der Waals surface area contributed by atoms with Gasteiger partial charge in [-0.3, -0.25) is 9.59 Å². The lowest BCUT2D eigenvalue weighted by atomic mass is 9.44. The van der Waals surface area contributed by atoms with Gasteiger partial charge in [0, 0.05) is 54.6 Å². The number of esters is 1. The largest absolute Gasteiger partial charge is 0.461 e. The number of aliphatic hydroxyl groups is 2. The van der Waals surface area contributed by atoms with Crippen LogP contribution in [0, 0.1) is 46.8 Å². The molecule has 1 aliphatic heterocycles. The molecule has 2 bridgehead atoms. The fourth-order valence-electron chi connectivity index (χ4n) is 8.91. The molecule has 9 heteroatoms. The molecule has 2 N–H and O–H groups in total. The first-order chi connectivity index (χ1) is 19.9. The first-order valence-electron chi connectivity index (χ1n) is 15.8. The summed E-state index contributed by atoms with van der Waals surface area (Å²) < 4.78 is 6.38. The molecular formula is C33H49N3O5S. The van der Waals surface area contributed by atoms with Crippen molar-refractivity contribution in [3.8, 4) is 0 Å². The van der Waals surface area contributed by atoms with Gasteiger partial charge < -0.3 is 19.8 Å². The molecule has 0 radical (unpaired) electrons. The molecule has 1 aromatic rings. The van der Waals surface area contributed by atoms with Crippen molar-refractivity contribution < 1.29 is 24.5 Å². The van der Waals surface area contributed by atoms with Crippen molar-refractivity contribution in [2.75, 3.05) is 30.3 Å². The van der Waals surface area contributed by atoms with Crippen LogP contribution < -0.4 is 4.90 Å². The Labute approximate surface area is 255 Å². The van der Waals surface area contributed by atoms with Gasteiger partial charge in [-0.05, 0) is 68.6 Å². The highest BCUT2D eigenvalue weighted by Crippen LogP contribution is 2.68. The predicted octanol–water partition coefficient (Wildman–Crippen LogP) is 4.99. The average molecular weight is 600 g/mol. The summed E-state index contributed by atoms with van der Waals surface area (Å²) >= 11 is 1.27. The number of carbonyl (C=O) groups excluding carboxylic acids is 2. The highest BCUT2D eigenvalue weighted by Gasteiger charge is 2.68. The zero-order valence-corrected chi connectivity index (χ0v) is 26.8. The smallest absolute Gasteiger partial charge is 0.316 e. The molecule has 1 saturated heterocycles. The van der Waals surface area contributed by atoms with E-state index >= 15 is 0 Å². The third-order valence-electron chi connectivity index (χ3n) is 11.9. The Kier molecular flexibility index (Phi) is 8.87. The van der Waals surface area contributed by atoms with Crippen molar-refractivity contribution in [2.24, 2.45) is 39.9 Å². The van der Waals surface area contributed by atoms with Crippen LogP contribution in [0.4, 0.5) is 5.82 Å². The Hall–Kier alpha value is -1.97. The molecular weight excluding hydrogens is 550 g/mol. The minimum Gasteiger partial charge on any atom is -0.461 e. The number of aliphatic hydroxyl groups excluding tert-OH is 2. The van der Waals surface area contributed by atoms with E-state index in [2.05, 4.69) is 37.2 Å². The van der Waals surface area contributed by atoms with Crippen molar-refractivity contribution in [3.05, 3.63) is 24.4 Å². The van der Waals surface area contributed by atoms with E-state index in [4.69, 9.17) is 9.72 Å². The van der Waals surface area contributed by atoms with Crippen molar-refractivity contribution in [2.45, 2.75) is 96.9 Å². The summed E-state index contributed by atoms with van der Waals surface area (Å²) in [6, 6.07) is 1.97. The van der Waals surface area contributed by atoms with Crippen LogP contribution >= 0.6 is 11.8 Å². The topological polar surface area (TPSA) is 113 Å². The van der Waals surface area contributed by atoms with E-state index in [1.165, 1.54) is 11.8 Å². The molecule has 8 atom stereocenters. The molecule has 3 saturated carbocycles. The fraction of sp³-hybridized carbons (Fsp3) is 0.758. The maximum Gasteiger partial charge on any atom is 0.316 e. The van der Waals surface area contributed by atoms with Gasteiger partial charge in [0.2, 0.25) is 0 Å². The van der Waals surface area contributed by atoms with E-state index in [0.717, 1.165) is 56.7 Å². The van der Waals surface area contributed by atoms with Crippen molar-refractivity contribution in [3.63, 3.8) is 0 Å². The minimum absolute atomic E-state index is 0.0573. The Morgan fingerprint density at radius 2 is 1.93 bits per heavy atom. The summed E-state index contributed by atoms with van der Waals surface area (Å²) in [5, 5.41) is 21.7. The molecule has 0 unspecified atom stereocenters. The van der Waals surface area contributed by atoms with Gasteiger partial charge in [0.15, 0.2) is 5.16 Å². The number of carbonyl (C=O) groups is 2. The van der Waals surface area contributed by atoms with Crippen LogP contribution in [0.5, 0.6) is 0 Å². The standard InChI is InChI=1S/C33H49N3O5S/c1-7-31(5)17-25(32(6)20(2)8-12-33(22(4)29(31)40)13-9-24(38)28(32)33)41-27(39)19-42-30-34-21(3)16-26(35-30)36-14-10-23(18-37)11-15-36/h7,16,20,22-23,25,28-29,37,40H,1,8-15,17-19H2,2-6H3/t20-,22+,25-,28+,29+,31-,32-,33+/m1/s1. The third-order valence-corrected chi connectivity index (χ3v) is 12.7. The molecule has 4 aliphatic rings. The molecule has 3 aliphatic carbocycles. The maximum atomic E-state index is 13.6. The van der Waals surface area contributed by atoms with Gasteiger partial charge in [0.25, 0.3) is 0 Å². The van der Waals surface area contributed by atoms with Crippen LogP contribution in [-0.2, 0) is 14.3 Å². The molecule has 8 nitrogen and oxygen atoms in total. The van der Waals surface area contributed by atoms with Gasteiger partial charge in [-0.1, -0.05) is 45.5 Å². The Balaban J connectivity index is 1.37. The van der Waals surface area contributed by atoms with Crippen LogP contribution in [0.2, 0.25) is 0 Å². The van der Waals surface area contributed by atoms with Crippen LogP contribution in [-0.4, -0.2) is 69.6 Å². The van der Waals surface area contributed by atoms with Gasteiger partial charge in [0.1, 0.15) is 17.7 Å². The van der Waals surface area contributed by atoms with Gasteiger partial charge in [-0.15, -0.1) is 6.58 Å². The maximum absolute atomic E-state index is 13.6. The first-order valence-corrected chi connectivity index (χ1v) is 16.7. The lowest BCUT2D eigenvalue weighted by Crippen LogP contribution is -2.63. The molecule has 4 fully saturated rings. The number of hydrogen-bond donors (Lipinski definition) is 2. The van der Waals surface area contributed by atoms with Gasteiger partial charge in [0.05, 0.1) is 11.9 Å². The number of nitrogens with zero attached hydrogens (tertiary/aromatic N) is 3. The fourth-order valence-corrected chi connectivity index (χ4v) is 9.60. The Bertz CT molecular complexity index is 1200. The number of rotatable bonds is 7. The number of aryl methyl sites for hydroxylation is 1. The second-order valence-electron chi connectivity index (χ2n) is 14.1. The van der Waals surface area contributed by atoms with Crippen LogP contribution in [0.1, 0.15) is 78.3 Å².